The second-order valence-electron chi connectivity index (χ2n) is 3.92. The van der Waals surface area contributed by atoms with E-state index in [-0.39, 0.29) is 5.28 Å². The first-order chi connectivity index (χ1) is 8.24. The van der Waals surface area contributed by atoms with Crippen LogP contribution in [0.3, 0.4) is 0 Å². The number of fused-ring (bicyclic) bond motifs is 1. The van der Waals surface area contributed by atoms with Crippen LogP contribution in [-0.2, 0) is 0 Å². The fourth-order valence-corrected chi connectivity index (χ4v) is 2.10. The van der Waals surface area contributed by atoms with E-state index >= 15 is 0 Å². The molecule has 3 nitrogen and oxygen atoms in total. The number of aromatic nitrogens is 3. The maximum absolute atomic E-state index is 5.94. The molecule has 0 atom stereocenters. The highest BCUT2D eigenvalue weighted by Crippen LogP contribution is 2.27. The van der Waals surface area contributed by atoms with Crippen LogP contribution < -0.4 is 0 Å². The first-order valence-electron chi connectivity index (χ1n) is 5.32. The molecule has 0 radical (unpaired) electrons. The molecule has 0 bridgehead atoms. The van der Waals surface area contributed by atoms with Crippen LogP contribution in [0.25, 0.3) is 22.3 Å². The molecule has 0 aliphatic heterocycles. The van der Waals surface area contributed by atoms with Crippen molar-refractivity contribution in [3.8, 4) is 11.3 Å². The Bertz CT molecular complexity index is 674. The van der Waals surface area contributed by atoms with Gasteiger partial charge in [0, 0.05) is 16.6 Å². The van der Waals surface area contributed by atoms with Gasteiger partial charge in [-0.3, -0.25) is 0 Å². The Morgan fingerprint density at radius 2 is 1.88 bits per heavy atom. The van der Waals surface area contributed by atoms with Gasteiger partial charge in [-0.15, -0.1) is 0 Å². The van der Waals surface area contributed by atoms with Crippen LogP contribution in [-0.4, -0.2) is 15.0 Å². The van der Waals surface area contributed by atoms with Gasteiger partial charge < -0.3 is 4.98 Å². The number of H-pyrrole nitrogens is 1. The molecular weight excluding hydrogens is 234 g/mol. The number of halogens is 1. The van der Waals surface area contributed by atoms with E-state index < -0.39 is 0 Å². The van der Waals surface area contributed by atoms with Gasteiger partial charge in [-0.25, -0.2) is 4.98 Å². The van der Waals surface area contributed by atoms with Crippen LogP contribution in [0.5, 0.6) is 0 Å². The quantitative estimate of drug-likeness (QED) is 0.664. The zero-order valence-electron chi connectivity index (χ0n) is 9.24. The summed E-state index contributed by atoms with van der Waals surface area (Å²) in [5.41, 5.74) is 3.74. The predicted molar refractivity (Wildman–Crippen MR) is 69.1 cm³/mol. The van der Waals surface area contributed by atoms with E-state index in [4.69, 9.17) is 11.6 Å². The van der Waals surface area contributed by atoms with Crippen LogP contribution in [0, 0.1) is 6.92 Å². The molecule has 1 N–H and O–H groups in total. The summed E-state index contributed by atoms with van der Waals surface area (Å²) in [6.07, 6.45) is 0. The lowest BCUT2D eigenvalue weighted by molar-refractivity contribution is 1.19. The molecule has 0 amide bonds. The van der Waals surface area contributed by atoms with Gasteiger partial charge in [0.2, 0.25) is 5.28 Å². The van der Waals surface area contributed by atoms with Crippen LogP contribution >= 0.6 is 11.6 Å². The minimum absolute atomic E-state index is 0.262. The molecular formula is C13H10ClN3. The fraction of sp³-hybridized carbons (Fsp3) is 0.0769. The van der Waals surface area contributed by atoms with E-state index in [1.807, 2.05) is 43.3 Å². The topological polar surface area (TPSA) is 41.6 Å². The van der Waals surface area contributed by atoms with E-state index in [9.17, 15) is 0 Å². The smallest absolute Gasteiger partial charge is 0.224 e. The maximum atomic E-state index is 5.94. The van der Waals surface area contributed by atoms with E-state index in [0.717, 1.165) is 28.0 Å². The molecule has 0 saturated carbocycles. The third-order valence-electron chi connectivity index (χ3n) is 2.64. The van der Waals surface area contributed by atoms with Gasteiger partial charge in [-0.05, 0) is 24.6 Å². The summed E-state index contributed by atoms with van der Waals surface area (Å²) in [6, 6.07) is 12.0. The van der Waals surface area contributed by atoms with Crippen molar-refractivity contribution >= 4 is 22.6 Å². The highest BCUT2D eigenvalue weighted by Gasteiger charge is 2.10. The van der Waals surface area contributed by atoms with Crippen molar-refractivity contribution in [3.63, 3.8) is 0 Å². The summed E-state index contributed by atoms with van der Waals surface area (Å²) < 4.78 is 0. The molecule has 0 saturated heterocycles. The molecule has 4 heteroatoms. The lowest BCUT2D eigenvalue weighted by Gasteiger charge is -2.02. The Hall–Kier alpha value is -1.87. The van der Waals surface area contributed by atoms with Gasteiger partial charge in [-0.1, -0.05) is 30.3 Å². The molecule has 2 aromatic heterocycles. The van der Waals surface area contributed by atoms with Gasteiger partial charge in [-0.2, -0.15) is 4.98 Å². The predicted octanol–water partition coefficient (Wildman–Crippen LogP) is 3.59. The molecule has 3 aromatic rings. The number of hydrogen-bond acceptors (Lipinski definition) is 2. The molecule has 17 heavy (non-hydrogen) atoms. The summed E-state index contributed by atoms with van der Waals surface area (Å²) in [5, 5.41) is 1.26. The third kappa shape index (κ3) is 1.78. The molecule has 84 valence electrons. The molecule has 0 spiro atoms. The van der Waals surface area contributed by atoms with Crippen molar-refractivity contribution in [2.24, 2.45) is 0 Å². The van der Waals surface area contributed by atoms with Crippen molar-refractivity contribution in [2.45, 2.75) is 6.92 Å². The van der Waals surface area contributed by atoms with Crippen LogP contribution in [0.2, 0.25) is 5.28 Å². The number of nitrogens with zero attached hydrogens (tertiary/aromatic N) is 2. The molecule has 0 unspecified atom stereocenters. The molecule has 3 rings (SSSR count). The zero-order chi connectivity index (χ0) is 11.8. The van der Waals surface area contributed by atoms with Crippen molar-refractivity contribution < 1.29 is 0 Å². The Kier molecular flexibility index (Phi) is 2.34. The normalized spacial score (nSPS) is 10.9. The molecule has 0 aliphatic carbocycles. The Morgan fingerprint density at radius 1 is 1.12 bits per heavy atom. The number of aromatic amines is 1. The van der Waals surface area contributed by atoms with Crippen molar-refractivity contribution in [1.29, 1.82) is 0 Å². The van der Waals surface area contributed by atoms with Gasteiger partial charge in [0.15, 0.2) is 0 Å². The second kappa shape index (κ2) is 3.86. The Balaban J connectivity index is 2.35. The molecule has 2 heterocycles. The Morgan fingerprint density at radius 3 is 2.65 bits per heavy atom. The SMILES string of the molecule is Cc1cc2c(-c3ccccc3)nc(Cl)nc2[nH]1. The van der Waals surface area contributed by atoms with Crippen molar-refractivity contribution in [3.05, 3.63) is 47.4 Å². The third-order valence-corrected chi connectivity index (χ3v) is 2.81. The lowest BCUT2D eigenvalue weighted by atomic mass is 10.1. The standard InChI is InChI=1S/C13H10ClN3/c1-8-7-10-11(9-5-3-2-4-6-9)16-13(14)17-12(10)15-8/h2-7H,1H3,(H,15,16,17). The average molecular weight is 244 g/mol. The maximum Gasteiger partial charge on any atom is 0.224 e. The van der Waals surface area contributed by atoms with Gasteiger partial charge in [0.25, 0.3) is 0 Å². The van der Waals surface area contributed by atoms with E-state index in [1.165, 1.54) is 0 Å². The minimum atomic E-state index is 0.262. The molecule has 0 fully saturated rings. The number of hydrogen-bond donors (Lipinski definition) is 1. The highest BCUT2D eigenvalue weighted by molar-refractivity contribution is 6.28. The number of rotatable bonds is 1. The van der Waals surface area contributed by atoms with Gasteiger partial charge in [0.1, 0.15) is 5.65 Å². The summed E-state index contributed by atoms with van der Waals surface area (Å²) in [4.78, 5) is 11.7. The van der Waals surface area contributed by atoms with Crippen LogP contribution in [0.15, 0.2) is 36.4 Å². The van der Waals surface area contributed by atoms with Crippen LogP contribution in [0.4, 0.5) is 0 Å². The van der Waals surface area contributed by atoms with Crippen molar-refractivity contribution in [2.75, 3.05) is 0 Å². The fourth-order valence-electron chi connectivity index (χ4n) is 1.93. The van der Waals surface area contributed by atoms with Gasteiger partial charge in [0.05, 0.1) is 5.69 Å². The zero-order valence-corrected chi connectivity index (χ0v) is 9.99. The first kappa shape index (κ1) is 10.3. The number of aryl methyl sites for hydroxylation is 1. The van der Waals surface area contributed by atoms with E-state index in [1.54, 1.807) is 0 Å². The Labute approximate surface area is 103 Å². The van der Waals surface area contributed by atoms with Crippen molar-refractivity contribution in [1.82, 2.24) is 15.0 Å². The summed E-state index contributed by atoms with van der Waals surface area (Å²) in [6.45, 7) is 1.99. The van der Waals surface area contributed by atoms with E-state index in [0.29, 0.717) is 0 Å². The lowest BCUT2D eigenvalue weighted by Crippen LogP contribution is -1.89. The summed E-state index contributed by atoms with van der Waals surface area (Å²) in [7, 11) is 0. The average Bonchev–Trinajstić information content (AvgIpc) is 2.69. The first-order valence-corrected chi connectivity index (χ1v) is 5.70. The summed E-state index contributed by atoms with van der Waals surface area (Å²) >= 11 is 5.94. The van der Waals surface area contributed by atoms with Gasteiger partial charge >= 0.3 is 0 Å². The second-order valence-corrected chi connectivity index (χ2v) is 4.26. The number of nitrogens with one attached hydrogen (secondary N) is 1. The van der Waals surface area contributed by atoms with E-state index in [2.05, 4.69) is 15.0 Å². The largest absolute Gasteiger partial charge is 0.343 e. The van der Waals surface area contributed by atoms with Crippen LogP contribution in [0.1, 0.15) is 5.69 Å². The monoisotopic (exact) mass is 243 g/mol. The minimum Gasteiger partial charge on any atom is -0.343 e. The molecule has 0 aliphatic rings. The molecule has 1 aromatic carbocycles. The highest BCUT2D eigenvalue weighted by atomic mass is 35.5. The number of benzene rings is 1. The summed E-state index contributed by atoms with van der Waals surface area (Å²) in [5.74, 6) is 0.